The minimum absolute atomic E-state index is 0.0515. The summed E-state index contributed by atoms with van der Waals surface area (Å²) in [5, 5.41) is 5.55. The first-order valence-electron chi connectivity index (χ1n) is 11.3. The number of alkyl halides is 3. The third-order valence-electron chi connectivity index (χ3n) is 5.05. The van der Waals surface area contributed by atoms with Gasteiger partial charge in [-0.15, -0.1) is 0 Å². The number of anilines is 2. The number of thiol groups is 1. The molecule has 0 aliphatic rings. The van der Waals surface area contributed by atoms with Crippen LogP contribution in [0.25, 0.3) is 10.9 Å². The van der Waals surface area contributed by atoms with Crippen LogP contribution in [0.3, 0.4) is 0 Å². The molecule has 0 aliphatic heterocycles. The van der Waals surface area contributed by atoms with Gasteiger partial charge in [-0.3, -0.25) is 9.00 Å². The Morgan fingerprint density at radius 3 is 2.73 bits per heavy atom. The van der Waals surface area contributed by atoms with E-state index in [1.807, 2.05) is 13.8 Å². The van der Waals surface area contributed by atoms with Crippen molar-refractivity contribution in [1.29, 1.82) is 0 Å². The predicted octanol–water partition coefficient (Wildman–Crippen LogP) is 5.27. The van der Waals surface area contributed by atoms with E-state index < -0.39 is 35.3 Å². The predicted molar refractivity (Wildman–Crippen MR) is 137 cm³/mol. The average Bonchev–Trinajstić information content (AvgIpc) is 2.82. The number of rotatable bonds is 10. The van der Waals surface area contributed by atoms with Crippen LogP contribution in [0.4, 0.5) is 30.4 Å². The van der Waals surface area contributed by atoms with Gasteiger partial charge in [-0.2, -0.15) is 18.2 Å². The molecule has 0 aliphatic carbocycles. The molecule has 200 valence electrons. The summed E-state index contributed by atoms with van der Waals surface area (Å²) in [6, 6.07) is 6.50. The molecule has 3 rings (SSSR count). The van der Waals surface area contributed by atoms with E-state index in [0.29, 0.717) is 28.2 Å². The van der Waals surface area contributed by atoms with Gasteiger partial charge >= 0.3 is 6.18 Å². The highest BCUT2D eigenvalue weighted by Gasteiger charge is 2.29. The number of carbonyl (C=O) groups excluding carboxylic acids is 1. The Labute approximate surface area is 218 Å². The molecule has 2 atom stereocenters. The Hall–Kier alpha value is -3.19. The normalized spacial score (nSPS) is 13.4. The van der Waals surface area contributed by atoms with E-state index in [2.05, 4.69) is 24.6 Å². The fourth-order valence-corrected chi connectivity index (χ4v) is 4.48. The third kappa shape index (κ3) is 8.15. The maximum atomic E-state index is 12.4. The number of carbonyl (C=O) groups is 1. The van der Waals surface area contributed by atoms with Gasteiger partial charge in [-0.05, 0) is 50.1 Å². The largest absolute Gasteiger partial charge is 0.463 e. The molecule has 3 aromatic rings. The molecule has 2 heterocycles. The first-order chi connectivity index (χ1) is 17.5. The summed E-state index contributed by atoms with van der Waals surface area (Å²) in [6.07, 6.45) is -2.76. The third-order valence-corrected chi connectivity index (χ3v) is 6.41. The minimum Gasteiger partial charge on any atom is -0.463 e. The number of nitrogens with zero attached hydrogens (tertiary/aromatic N) is 4. The molecule has 14 heteroatoms. The molecule has 0 bridgehead atoms. The van der Waals surface area contributed by atoms with Crippen molar-refractivity contribution in [2.45, 2.75) is 45.9 Å². The quantitative estimate of drug-likeness (QED) is 0.229. The molecule has 37 heavy (non-hydrogen) atoms. The summed E-state index contributed by atoms with van der Waals surface area (Å²) in [6.45, 7) is 3.66. The Morgan fingerprint density at radius 1 is 1.27 bits per heavy atom. The second-order valence-electron chi connectivity index (χ2n) is 8.11. The lowest BCUT2D eigenvalue weighted by atomic mass is 10.1. The van der Waals surface area contributed by atoms with Gasteiger partial charge in [0.25, 0.3) is 5.91 Å². The second kappa shape index (κ2) is 12.4. The fraction of sp³-hybridized carbons (Fsp3) is 0.391. The summed E-state index contributed by atoms with van der Waals surface area (Å²) in [7, 11) is -1.73. The van der Waals surface area contributed by atoms with E-state index in [9.17, 15) is 22.2 Å². The fourth-order valence-electron chi connectivity index (χ4n) is 3.28. The molecule has 2 aromatic heterocycles. The van der Waals surface area contributed by atoms with E-state index in [-0.39, 0.29) is 16.7 Å². The molecular formula is C23H26ClF3N6O3S. The smallest absolute Gasteiger partial charge is 0.405 e. The molecule has 9 nitrogen and oxygen atoms in total. The van der Waals surface area contributed by atoms with Crippen molar-refractivity contribution in [3.8, 4) is 5.88 Å². The Kier molecular flexibility index (Phi) is 9.49. The van der Waals surface area contributed by atoms with Crippen LogP contribution in [0.2, 0.25) is 5.15 Å². The Balaban J connectivity index is 1.89. The molecule has 0 spiro atoms. The van der Waals surface area contributed by atoms with Crippen LogP contribution in [0.5, 0.6) is 5.88 Å². The number of nitrogens with one attached hydrogen (secondary N) is 2. The van der Waals surface area contributed by atoms with Gasteiger partial charge in [0.2, 0.25) is 5.88 Å². The Bertz CT molecular complexity index is 1370. The van der Waals surface area contributed by atoms with Gasteiger partial charge in [0, 0.05) is 21.7 Å². The number of hydrogen-bond acceptors (Lipinski definition) is 8. The lowest BCUT2D eigenvalue weighted by Gasteiger charge is -2.18. The first kappa shape index (κ1) is 28.4. The standard InChI is InChI=1S/C23H26ClF3N6O3S/c1-4-5-8-37(35)33-15-9-13(2)19-17(10-15)29-12-30-20(19)31-16-6-7-18(24)32-22(16)36-14(3)21(34)28-11-23(25,26)27/h6-7,9-10,12,14,37H,4-5,8,11H2,1-3H3,(H,28,34)(H,29,30,31)/t14-/m1/s1. The van der Waals surface area contributed by atoms with Crippen molar-refractivity contribution >= 4 is 56.2 Å². The van der Waals surface area contributed by atoms with Gasteiger partial charge in [-0.1, -0.05) is 24.9 Å². The number of aromatic nitrogens is 3. The van der Waals surface area contributed by atoms with E-state index in [1.165, 1.54) is 25.4 Å². The lowest BCUT2D eigenvalue weighted by Crippen LogP contribution is -2.41. The zero-order valence-electron chi connectivity index (χ0n) is 20.3. The number of pyridine rings is 1. The van der Waals surface area contributed by atoms with Gasteiger partial charge < -0.3 is 15.4 Å². The first-order valence-corrected chi connectivity index (χ1v) is 13.1. The number of fused-ring (bicyclic) bond motifs is 1. The summed E-state index contributed by atoms with van der Waals surface area (Å²) in [5.41, 5.74) is 2.14. The SMILES string of the molecule is CCCC/[SH](=O)=N\c1cc(C)c2c(Nc3ccc(Cl)nc3O[C@H](C)C(=O)NCC(F)(F)F)ncnc2c1. The maximum Gasteiger partial charge on any atom is 0.405 e. The van der Waals surface area contributed by atoms with Gasteiger partial charge in [-0.25, -0.2) is 14.3 Å². The lowest BCUT2D eigenvalue weighted by molar-refractivity contribution is -0.142. The molecule has 0 saturated heterocycles. The molecular weight excluding hydrogens is 533 g/mol. The number of hydrogen-bond donors (Lipinski definition) is 3. The van der Waals surface area contributed by atoms with E-state index >= 15 is 0 Å². The highest BCUT2D eigenvalue weighted by Crippen LogP contribution is 2.33. The number of unbranched alkanes of at least 4 members (excludes halogenated alkanes) is 1. The van der Waals surface area contributed by atoms with E-state index in [0.717, 1.165) is 18.4 Å². The summed E-state index contributed by atoms with van der Waals surface area (Å²) < 4.78 is 59.4. The highest BCUT2D eigenvalue weighted by molar-refractivity contribution is 7.75. The van der Waals surface area contributed by atoms with Crippen molar-refractivity contribution in [3.63, 3.8) is 0 Å². The zero-order chi connectivity index (χ0) is 27.2. The average molecular weight is 559 g/mol. The van der Waals surface area contributed by atoms with Crippen LogP contribution >= 0.6 is 11.6 Å². The van der Waals surface area contributed by atoms with Crippen LogP contribution in [0, 0.1) is 6.92 Å². The van der Waals surface area contributed by atoms with Crippen LogP contribution < -0.4 is 15.4 Å². The molecule has 1 unspecified atom stereocenters. The van der Waals surface area contributed by atoms with E-state index in [4.69, 9.17) is 16.3 Å². The number of aryl methyl sites for hydroxylation is 1. The monoisotopic (exact) mass is 558 g/mol. The summed E-state index contributed by atoms with van der Waals surface area (Å²) in [4.78, 5) is 24.7. The Morgan fingerprint density at radius 2 is 2.03 bits per heavy atom. The molecule has 0 saturated carbocycles. The number of ether oxygens (including phenoxy) is 1. The topological polar surface area (TPSA) is 118 Å². The van der Waals surface area contributed by atoms with Crippen molar-refractivity contribution in [1.82, 2.24) is 20.3 Å². The highest BCUT2D eigenvalue weighted by atomic mass is 35.5. The van der Waals surface area contributed by atoms with Crippen molar-refractivity contribution in [2.24, 2.45) is 4.36 Å². The molecule has 1 aromatic carbocycles. The van der Waals surface area contributed by atoms with Crippen molar-refractivity contribution in [2.75, 3.05) is 17.6 Å². The number of benzene rings is 1. The van der Waals surface area contributed by atoms with Gasteiger partial charge in [0.05, 0.1) is 11.2 Å². The van der Waals surface area contributed by atoms with Crippen LogP contribution in [-0.2, 0) is 15.4 Å². The van der Waals surface area contributed by atoms with Crippen LogP contribution in [0.15, 0.2) is 35.0 Å². The summed E-state index contributed by atoms with van der Waals surface area (Å²) >= 11 is 5.99. The number of amides is 1. The zero-order valence-corrected chi connectivity index (χ0v) is 21.9. The maximum absolute atomic E-state index is 12.4. The minimum atomic E-state index is -4.55. The van der Waals surface area contributed by atoms with Crippen LogP contribution in [0.1, 0.15) is 32.3 Å². The molecule has 1 amide bonds. The van der Waals surface area contributed by atoms with Crippen molar-refractivity contribution in [3.05, 3.63) is 41.3 Å². The summed E-state index contributed by atoms with van der Waals surface area (Å²) in [5.74, 6) is -0.181. The van der Waals surface area contributed by atoms with Crippen molar-refractivity contribution < 1.29 is 26.9 Å². The number of halogens is 4. The van der Waals surface area contributed by atoms with Gasteiger partial charge in [0.15, 0.2) is 6.10 Å². The molecule has 0 radical (unpaired) electrons. The second-order valence-corrected chi connectivity index (χ2v) is 9.85. The van der Waals surface area contributed by atoms with Crippen LogP contribution in [-0.4, -0.2) is 49.6 Å². The van der Waals surface area contributed by atoms with Gasteiger partial charge in [0.1, 0.15) is 29.5 Å². The molecule has 2 N–H and O–H groups in total. The van der Waals surface area contributed by atoms with E-state index in [1.54, 1.807) is 17.4 Å². The molecule has 0 fully saturated rings.